The molecule has 7 nitrogen and oxygen atoms in total. The van der Waals surface area contributed by atoms with Gasteiger partial charge in [0.1, 0.15) is 5.75 Å². The zero-order valence-electron chi connectivity index (χ0n) is 8.99. The van der Waals surface area contributed by atoms with Crippen molar-refractivity contribution in [2.24, 2.45) is 0 Å². The van der Waals surface area contributed by atoms with Crippen molar-refractivity contribution < 1.29 is 24.9 Å². The molecule has 0 saturated carbocycles. The van der Waals surface area contributed by atoms with Gasteiger partial charge in [-0.15, -0.1) is 0 Å². The van der Waals surface area contributed by atoms with E-state index in [-0.39, 0.29) is 11.3 Å². The molecule has 1 heterocycles. The average Bonchev–Trinajstić information content (AvgIpc) is 2.24. The van der Waals surface area contributed by atoms with Crippen LogP contribution >= 0.6 is 0 Å². The van der Waals surface area contributed by atoms with Gasteiger partial charge in [0.2, 0.25) is 0 Å². The Bertz CT molecular complexity index is 432. The molecule has 0 unspecified atom stereocenters. The van der Waals surface area contributed by atoms with Crippen LogP contribution in [0.25, 0.3) is 0 Å². The van der Waals surface area contributed by atoms with Crippen LogP contribution < -0.4 is 5.32 Å². The molecule has 1 aromatic heterocycles. The normalized spacial score (nSPS) is 13.8. The van der Waals surface area contributed by atoms with E-state index in [0.29, 0.717) is 0 Å². The number of nitrogens with one attached hydrogen (secondary N) is 1. The number of aliphatic hydroxyl groups excluding tert-OH is 1. The Morgan fingerprint density at radius 2 is 2.06 bits per heavy atom. The molecule has 17 heavy (non-hydrogen) atoms. The summed E-state index contributed by atoms with van der Waals surface area (Å²) in [5, 5.41) is 29.2. The van der Waals surface area contributed by atoms with Crippen molar-refractivity contribution >= 4 is 11.9 Å². The number of amides is 1. The topological polar surface area (TPSA) is 120 Å². The molecular weight excluding hydrogens is 228 g/mol. The number of aromatic hydroxyl groups is 1. The SMILES string of the molecule is C[C@@H](O)[C@H](NC(=O)c1cncc(O)c1)C(=O)O. The summed E-state index contributed by atoms with van der Waals surface area (Å²) in [6.07, 6.45) is 1.08. The monoisotopic (exact) mass is 240 g/mol. The van der Waals surface area contributed by atoms with Crippen molar-refractivity contribution in [3.05, 3.63) is 24.0 Å². The number of aliphatic hydroxyl groups is 1. The zero-order chi connectivity index (χ0) is 13.0. The minimum absolute atomic E-state index is 0.0110. The van der Waals surface area contributed by atoms with Crippen LogP contribution in [0.5, 0.6) is 5.75 Å². The van der Waals surface area contributed by atoms with Crippen LogP contribution in [0.15, 0.2) is 18.5 Å². The number of carboxylic acid groups (broad SMARTS) is 1. The lowest BCUT2D eigenvalue weighted by Gasteiger charge is -2.16. The third-order valence-electron chi connectivity index (χ3n) is 2.02. The van der Waals surface area contributed by atoms with Crippen molar-refractivity contribution in [3.63, 3.8) is 0 Å². The van der Waals surface area contributed by atoms with Gasteiger partial charge < -0.3 is 20.6 Å². The number of pyridine rings is 1. The van der Waals surface area contributed by atoms with E-state index in [4.69, 9.17) is 10.2 Å². The molecule has 0 radical (unpaired) electrons. The first-order valence-electron chi connectivity index (χ1n) is 4.77. The van der Waals surface area contributed by atoms with Gasteiger partial charge in [-0.2, -0.15) is 0 Å². The van der Waals surface area contributed by atoms with Gasteiger partial charge in [0.25, 0.3) is 5.91 Å². The largest absolute Gasteiger partial charge is 0.506 e. The van der Waals surface area contributed by atoms with Gasteiger partial charge >= 0.3 is 5.97 Å². The van der Waals surface area contributed by atoms with Crippen molar-refractivity contribution in [2.45, 2.75) is 19.1 Å². The Balaban J connectivity index is 2.81. The number of aromatic nitrogens is 1. The van der Waals surface area contributed by atoms with Crippen LogP contribution in [-0.2, 0) is 4.79 Å². The third-order valence-corrected chi connectivity index (χ3v) is 2.02. The van der Waals surface area contributed by atoms with Crippen LogP contribution in [0.1, 0.15) is 17.3 Å². The standard InChI is InChI=1S/C10H12N2O5/c1-5(13)8(10(16)17)12-9(15)6-2-7(14)4-11-3-6/h2-5,8,13-14H,1H3,(H,12,15)(H,16,17)/t5-,8+/m1/s1. The summed E-state index contributed by atoms with van der Waals surface area (Å²) >= 11 is 0. The number of hydrogen-bond acceptors (Lipinski definition) is 5. The van der Waals surface area contributed by atoms with E-state index in [2.05, 4.69) is 10.3 Å². The first-order valence-corrected chi connectivity index (χ1v) is 4.77. The van der Waals surface area contributed by atoms with Crippen molar-refractivity contribution in [3.8, 4) is 5.75 Å². The second-order valence-corrected chi connectivity index (χ2v) is 3.46. The van der Waals surface area contributed by atoms with Gasteiger partial charge in [-0.1, -0.05) is 0 Å². The highest BCUT2D eigenvalue weighted by Crippen LogP contribution is 2.08. The molecule has 0 aliphatic heterocycles. The quantitative estimate of drug-likeness (QED) is 0.555. The number of aliphatic carboxylic acids is 1. The van der Waals surface area contributed by atoms with Crippen LogP contribution in [-0.4, -0.2) is 44.3 Å². The highest BCUT2D eigenvalue weighted by atomic mass is 16.4. The van der Waals surface area contributed by atoms with E-state index >= 15 is 0 Å². The molecule has 92 valence electrons. The average molecular weight is 240 g/mol. The number of hydrogen-bond donors (Lipinski definition) is 4. The Morgan fingerprint density at radius 3 is 2.53 bits per heavy atom. The lowest BCUT2D eigenvalue weighted by molar-refractivity contribution is -0.141. The van der Waals surface area contributed by atoms with Crippen LogP contribution in [0.2, 0.25) is 0 Å². The van der Waals surface area contributed by atoms with Crippen molar-refractivity contribution in [1.29, 1.82) is 0 Å². The number of carbonyl (C=O) groups is 2. The molecule has 4 N–H and O–H groups in total. The molecule has 1 aromatic rings. The van der Waals surface area contributed by atoms with E-state index in [0.717, 1.165) is 12.3 Å². The smallest absolute Gasteiger partial charge is 0.328 e. The van der Waals surface area contributed by atoms with Crippen molar-refractivity contribution in [1.82, 2.24) is 10.3 Å². The second-order valence-electron chi connectivity index (χ2n) is 3.46. The lowest BCUT2D eigenvalue weighted by Crippen LogP contribution is -2.47. The van der Waals surface area contributed by atoms with E-state index in [1.165, 1.54) is 13.1 Å². The summed E-state index contributed by atoms with van der Waals surface area (Å²) in [6.45, 7) is 1.25. The maximum Gasteiger partial charge on any atom is 0.328 e. The minimum atomic E-state index is -1.41. The molecule has 2 atom stereocenters. The van der Waals surface area contributed by atoms with Crippen LogP contribution in [0.3, 0.4) is 0 Å². The summed E-state index contributed by atoms with van der Waals surface area (Å²) in [5.74, 6) is -2.29. The molecule has 1 amide bonds. The maximum atomic E-state index is 11.6. The Hall–Kier alpha value is -2.15. The molecule has 0 spiro atoms. The summed E-state index contributed by atoms with van der Waals surface area (Å²) in [4.78, 5) is 25.9. The number of nitrogens with zero attached hydrogens (tertiary/aromatic N) is 1. The molecular formula is C10H12N2O5. The van der Waals surface area contributed by atoms with Gasteiger partial charge in [0.05, 0.1) is 17.9 Å². The maximum absolute atomic E-state index is 11.6. The highest BCUT2D eigenvalue weighted by Gasteiger charge is 2.25. The fraction of sp³-hybridized carbons (Fsp3) is 0.300. The van der Waals surface area contributed by atoms with Crippen LogP contribution in [0.4, 0.5) is 0 Å². The van der Waals surface area contributed by atoms with Gasteiger partial charge in [-0.25, -0.2) is 4.79 Å². The first kappa shape index (κ1) is 12.9. The highest BCUT2D eigenvalue weighted by molar-refractivity contribution is 5.96. The van der Waals surface area contributed by atoms with Crippen LogP contribution in [0, 0.1) is 0 Å². The Labute approximate surface area is 96.7 Å². The number of carboxylic acids is 1. The van der Waals surface area contributed by atoms with E-state index in [1.807, 2.05) is 0 Å². The van der Waals surface area contributed by atoms with E-state index in [9.17, 15) is 14.7 Å². The number of carbonyl (C=O) groups excluding carboxylic acids is 1. The molecule has 0 aliphatic carbocycles. The summed E-state index contributed by atoms with van der Waals surface area (Å²) in [7, 11) is 0. The van der Waals surface area contributed by atoms with Gasteiger partial charge in [0, 0.05) is 6.20 Å². The first-order chi connectivity index (χ1) is 7.91. The molecule has 0 fully saturated rings. The summed E-state index contributed by atoms with van der Waals surface area (Å²) in [6, 6.07) is -0.270. The molecule has 0 aliphatic rings. The Kier molecular flexibility index (Phi) is 4.00. The molecule has 7 heteroatoms. The van der Waals surface area contributed by atoms with E-state index < -0.39 is 24.0 Å². The Morgan fingerprint density at radius 1 is 1.41 bits per heavy atom. The predicted molar refractivity (Wildman–Crippen MR) is 56.5 cm³/mol. The summed E-state index contributed by atoms with van der Waals surface area (Å²) in [5.41, 5.74) is 0.0110. The minimum Gasteiger partial charge on any atom is -0.506 e. The molecule has 1 rings (SSSR count). The fourth-order valence-electron chi connectivity index (χ4n) is 1.17. The van der Waals surface area contributed by atoms with Crippen molar-refractivity contribution in [2.75, 3.05) is 0 Å². The zero-order valence-corrected chi connectivity index (χ0v) is 8.99. The molecule has 0 aromatic carbocycles. The van der Waals surface area contributed by atoms with Gasteiger partial charge in [-0.3, -0.25) is 9.78 Å². The van der Waals surface area contributed by atoms with Gasteiger partial charge in [0.15, 0.2) is 6.04 Å². The van der Waals surface area contributed by atoms with Gasteiger partial charge in [-0.05, 0) is 13.0 Å². The number of rotatable bonds is 4. The third kappa shape index (κ3) is 3.42. The molecule has 0 bridgehead atoms. The van der Waals surface area contributed by atoms with E-state index in [1.54, 1.807) is 0 Å². The predicted octanol–water partition coefficient (Wildman–Crippen LogP) is -0.649. The fourth-order valence-corrected chi connectivity index (χ4v) is 1.17. The molecule has 0 saturated heterocycles. The summed E-state index contributed by atoms with van der Waals surface area (Å²) < 4.78 is 0. The second kappa shape index (κ2) is 5.26. The lowest BCUT2D eigenvalue weighted by atomic mass is 10.1.